The molecule has 0 atom stereocenters. The van der Waals surface area contributed by atoms with E-state index in [1.807, 2.05) is 0 Å². The minimum Gasteiger partial charge on any atom is -0.352 e. The smallest absolute Gasteiger partial charge is 0.220 e. The van der Waals surface area contributed by atoms with Crippen LogP contribution in [0.2, 0.25) is 0 Å². The maximum absolute atomic E-state index is 11.5. The Morgan fingerprint density at radius 1 is 1.35 bits per heavy atom. The van der Waals surface area contributed by atoms with Gasteiger partial charge in [-0.1, -0.05) is 31.5 Å². The van der Waals surface area contributed by atoms with Gasteiger partial charge in [-0.3, -0.25) is 4.79 Å². The Morgan fingerprint density at radius 2 is 2.18 bits per heavy atom. The summed E-state index contributed by atoms with van der Waals surface area (Å²) in [4.78, 5) is 11.5. The number of hydrogen-bond donors (Lipinski definition) is 2. The quantitative estimate of drug-likeness (QED) is 0.816. The van der Waals surface area contributed by atoms with Crippen LogP contribution >= 0.6 is 0 Å². The van der Waals surface area contributed by atoms with Crippen LogP contribution in [0.15, 0.2) is 18.2 Å². The molecule has 0 aromatic heterocycles. The van der Waals surface area contributed by atoms with Crippen LogP contribution in [0.25, 0.3) is 0 Å². The van der Waals surface area contributed by atoms with Gasteiger partial charge < -0.3 is 10.6 Å². The molecule has 2 rings (SSSR count). The summed E-state index contributed by atoms with van der Waals surface area (Å²) >= 11 is 0. The Bertz CT molecular complexity index is 401. The van der Waals surface area contributed by atoms with Gasteiger partial charge in [0.1, 0.15) is 0 Å². The molecule has 0 radical (unpaired) electrons. The van der Waals surface area contributed by atoms with E-state index in [-0.39, 0.29) is 5.91 Å². The molecular formula is C14H20N2O. The van der Waals surface area contributed by atoms with Gasteiger partial charge in [-0.05, 0) is 23.1 Å². The second-order valence-electron chi connectivity index (χ2n) is 4.59. The topological polar surface area (TPSA) is 41.1 Å². The molecule has 0 fully saturated rings. The Hall–Kier alpha value is -1.35. The Morgan fingerprint density at radius 3 is 3.00 bits per heavy atom. The molecule has 1 heterocycles. The molecule has 0 unspecified atom stereocenters. The summed E-state index contributed by atoms with van der Waals surface area (Å²) in [5, 5.41) is 6.29. The predicted octanol–water partition coefficient (Wildman–Crippen LogP) is 2.10. The van der Waals surface area contributed by atoms with Crippen molar-refractivity contribution in [3.05, 3.63) is 34.9 Å². The van der Waals surface area contributed by atoms with Gasteiger partial charge in [0.25, 0.3) is 0 Å². The molecule has 2 N–H and O–H groups in total. The van der Waals surface area contributed by atoms with Crippen LogP contribution in [0, 0.1) is 0 Å². The van der Waals surface area contributed by atoms with Crippen molar-refractivity contribution in [2.75, 3.05) is 0 Å². The fraction of sp³-hybridized carbons (Fsp3) is 0.500. The summed E-state index contributed by atoms with van der Waals surface area (Å²) in [5.74, 6) is 0.158. The number of unbranched alkanes of at least 4 members (excludes halogenated alkanes) is 1. The van der Waals surface area contributed by atoms with E-state index >= 15 is 0 Å². The van der Waals surface area contributed by atoms with Crippen LogP contribution in [-0.4, -0.2) is 5.91 Å². The largest absolute Gasteiger partial charge is 0.352 e. The van der Waals surface area contributed by atoms with Crippen molar-refractivity contribution in [1.29, 1.82) is 0 Å². The van der Waals surface area contributed by atoms with Gasteiger partial charge in [-0.2, -0.15) is 0 Å². The first-order valence-corrected chi connectivity index (χ1v) is 6.37. The molecule has 0 saturated heterocycles. The number of benzene rings is 1. The minimum atomic E-state index is 0.158. The second kappa shape index (κ2) is 5.82. The molecule has 1 aliphatic heterocycles. The fourth-order valence-corrected chi connectivity index (χ4v) is 2.08. The van der Waals surface area contributed by atoms with Gasteiger partial charge in [0.05, 0.1) is 0 Å². The average molecular weight is 232 g/mol. The van der Waals surface area contributed by atoms with E-state index in [0.717, 1.165) is 25.9 Å². The number of hydrogen-bond acceptors (Lipinski definition) is 2. The van der Waals surface area contributed by atoms with Gasteiger partial charge in [-0.25, -0.2) is 0 Å². The Labute approximate surface area is 103 Å². The third-order valence-electron chi connectivity index (χ3n) is 3.15. The maximum Gasteiger partial charge on any atom is 0.220 e. The SMILES string of the molecule is CCCCC(=O)NCc1ccc2c(c1)CNC2. The normalized spacial score (nSPS) is 13.5. The van der Waals surface area contributed by atoms with E-state index in [2.05, 4.69) is 35.8 Å². The van der Waals surface area contributed by atoms with Crippen molar-refractivity contribution in [3.63, 3.8) is 0 Å². The van der Waals surface area contributed by atoms with Crippen LogP contribution in [-0.2, 0) is 24.4 Å². The van der Waals surface area contributed by atoms with Crippen molar-refractivity contribution in [3.8, 4) is 0 Å². The monoisotopic (exact) mass is 232 g/mol. The van der Waals surface area contributed by atoms with E-state index in [4.69, 9.17) is 0 Å². The standard InChI is InChI=1S/C14H20N2O/c1-2-3-4-14(17)16-8-11-5-6-12-9-15-10-13(12)7-11/h5-7,15H,2-4,8-10H2,1H3,(H,16,17). The summed E-state index contributed by atoms with van der Waals surface area (Å²) in [7, 11) is 0. The lowest BCUT2D eigenvalue weighted by Crippen LogP contribution is -2.22. The van der Waals surface area contributed by atoms with E-state index in [0.29, 0.717) is 13.0 Å². The van der Waals surface area contributed by atoms with Crippen molar-refractivity contribution in [2.24, 2.45) is 0 Å². The molecular weight excluding hydrogens is 212 g/mol. The van der Waals surface area contributed by atoms with Crippen LogP contribution in [0.4, 0.5) is 0 Å². The zero-order chi connectivity index (χ0) is 12.1. The highest BCUT2D eigenvalue weighted by molar-refractivity contribution is 5.75. The van der Waals surface area contributed by atoms with E-state index in [1.165, 1.54) is 16.7 Å². The zero-order valence-corrected chi connectivity index (χ0v) is 10.4. The number of nitrogens with one attached hydrogen (secondary N) is 2. The average Bonchev–Trinajstić information content (AvgIpc) is 2.81. The third kappa shape index (κ3) is 3.30. The maximum atomic E-state index is 11.5. The van der Waals surface area contributed by atoms with E-state index in [1.54, 1.807) is 0 Å². The second-order valence-corrected chi connectivity index (χ2v) is 4.59. The number of rotatable bonds is 5. The molecule has 1 amide bonds. The van der Waals surface area contributed by atoms with E-state index < -0.39 is 0 Å². The molecule has 1 aromatic rings. The summed E-state index contributed by atoms with van der Waals surface area (Å²) < 4.78 is 0. The van der Waals surface area contributed by atoms with Crippen molar-refractivity contribution in [1.82, 2.24) is 10.6 Å². The number of fused-ring (bicyclic) bond motifs is 1. The zero-order valence-electron chi connectivity index (χ0n) is 10.4. The molecule has 0 aliphatic carbocycles. The molecule has 3 nitrogen and oxygen atoms in total. The Kier molecular flexibility index (Phi) is 4.15. The van der Waals surface area contributed by atoms with Gasteiger partial charge in [-0.15, -0.1) is 0 Å². The minimum absolute atomic E-state index is 0.158. The summed E-state index contributed by atoms with van der Waals surface area (Å²) in [6, 6.07) is 6.45. The fourth-order valence-electron chi connectivity index (χ4n) is 2.08. The van der Waals surface area contributed by atoms with Gasteiger partial charge in [0.2, 0.25) is 5.91 Å². The van der Waals surface area contributed by atoms with Gasteiger partial charge in [0, 0.05) is 26.1 Å². The molecule has 1 aliphatic rings. The number of carbonyl (C=O) groups excluding carboxylic acids is 1. The number of amides is 1. The molecule has 3 heteroatoms. The summed E-state index contributed by atoms with van der Waals surface area (Å²) in [6.07, 6.45) is 2.68. The predicted molar refractivity (Wildman–Crippen MR) is 68.4 cm³/mol. The molecule has 1 aromatic carbocycles. The summed E-state index contributed by atoms with van der Waals surface area (Å²) in [6.45, 7) is 4.67. The van der Waals surface area contributed by atoms with Crippen LogP contribution in [0.1, 0.15) is 42.9 Å². The van der Waals surface area contributed by atoms with Gasteiger partial charge >= 0.3 is 0 Å². The highest BCUT2D eigenvalue weighted by Gasteiger charge is 2.10. The van der Waals surface area contributed by atoms with Crippen LogP contribution in [0.3, 0.4) is 0 Å². The van der Waals surface area contributed by atoms with Crippen molar-refractivity contribution in [2.45, 2.75) is 45.8 Å². The lowest BCUT2D eigenvalue weighted by atomic mass is 10.1. The summed E-state index contributed by atoms with van der Waals surface area (Å²) in [5.41, 5.74) is 3.94. The highest BCUT2D eigenvalue weighted by Crippen LogP contribution is 2.16. The molecule has 92 valence electrons. The molecule has 17 heavy (non-hydrogen) atoms. The molecule has 0 spiro atoms. The molecule has 0 bridgehead atoms. The van der Waals surface area contributed by atoms with E-state index in [9.17, 15) is 4.79 Å². The van der Waals surface area contributed by atoms with Crippen LogP contribution < -0.4 is 10.6 Å². The van der Waals surface area contributed by atoms with Crippen molar-refractivity contribution < 1.29 is 4.79 Å². The highest BCUT2D eigenvalue weighted by atomic mass is 16.1. The van der Waals surface area contributed by atoms with Gasteiger partial charge in [0.15, 0.2) is 0 Å². The lowest BCUT2D eigenvalue weighted by Gasteiger charge is -2.06. The van der Waals surface area contributed by atoms with Crippen LogP contribution in [0.5, 0.6) is 0 Å². The first kappa shape index (κ1) is 12.1. The van der Waals surface area contributed by atoms with Crippen molar-refractivity contribution >= 4 is 5.91 Å². The molecule has 0 saturated carbocycles. The first-order chi connectivity index (χ1) is 8.29. The third-order valence-corrected chi connectivity index (χ3v) is 3.15. The first-order valence-electron chi connectivity index (χ1n) is 6.37. The Balaban J connectivity index is 1.85. The number of carbonyl (C=O) groups is 1. The lowest BCUT2D eigenvalue weighted by molar-refractivity contribution is -0.121.